The highest BCUT2D eigenvalue weighted by Crippen LogP contribution is 2.62. The van der Waals surface area contributed by atoms with Crippen LogP contribution in [0.5, 0.6) is 0 Å². The van der Waals surface area contributed by atoms with Gasteiger partial charge in [-0.2, -0.15) is 0 Å². The van der Waals surface area contributed by atoms with Gasteiger partial charge in [0, 0.05) is 18.0 Å². The van der Waals surface area contributed by atoms with Crippen molar-refractivity contribution in [3.05, 3.63) is 35.1 Å². The van der Waals surface area contributed by atoms with Crippen LogP contribution in [-0.2, 0) is 0 Å². The fourth-order valence-electron chi connectivity index (χ4n) is 6.05. The van der Waals surface area contributed by atoms with Crippen LogP contribution in [0.25, 0.3) is 0 Å². The molecule has 6 rings (SSSR count). The minimum Gasteiger partial charge on any atom is -0.292 e. The normalized spacial score (nSPS) is 42.1. The quantitative estimate of drug-likeness (QED) is 0.682. The molecule has 2 bridgehead atoms. The summed E-state index contributed by atoms with van der Waals surface area (Å²) in [6.45, 7) is 1.27. The number of halogens is 1. The number of hydrogen-bond acceptors (Lipinski definition) is 1. The van der Waals surface area contributed by atoms with Gasteiger partial charge in [0.1, 0.15) is 5.82 Å². The smallest absolute Gasteiger partial charge is 0.123 e. The van der Waals surface area contributed by atoms with Crippen LogP contribution in [0, 0.1) is 17.7 Å². The van der Waals surface area contributed by atoms with Crippen molar-refractivity contribution in [1.82, 2.24) is 4.90 Å². The van der Waals surface area contributed by atoms with Crippen LogP contribution in [0.3, 0.4) is 0 Å². The first-order valence-corrected chi connectivity index (χ1v) is 8.40. The van der Waals surface area contributed by atoms with Crippen LogP contribution in [0.1, 0.15) is 61.6 Å². The first-order valence-electron chi connectivity index (χ1n) is 8.40. The fourth-order valence-corrected chi connectivity index (χ4v) is 6.05. The van der Waals surface area contributed by atoms with Crippen LogP contribution in [0.2, 0.25) is 0 Å². The molecule has 0 N–H and O–H groups in total. The van der Waals surface area contributed by atoms with Crippen molar-refractivity contribution in [2.75, 3.05) is 6.54 Å². The third-order valence-corrected chi connectivity index (χ3v) is 6.58. The maximum atomic E-state index is 13.8. The van der Waals surface area contributed by atoms with Gasteiger partial charge < -0.3 is 0 Å². The molecule has 2 aliphatic carbocycles. The molecule has 0 aromatic heterocycles. The number of nitrogens with zero attached hydrogens (tertiary/aromatic N) is 1. The lowest BCUT2D eigenvalue weighted by Gasteiger charge is -2.59. The van der Waals surface area contributed by atoms with Gasteiger partial charge in [0.15, 0.2) is 0 Å². The van der Waals surface area contributed by atoms with Gasteiger partial charge in [0.05, 0.1) is 0 Å². The van der Waals surface area contributed by atoms with Gasteiger partial charge in [-0.1, -0.05) is 18.9 Å². The maximum absolute atomic E-state index is 13.8. The summed E-state index contributed by atoms with van der Waals surface area (Å²) in [5, 5.41) is 0. The second-order valence-corrected chi connectivity index (χ2v) is 7.30. The Morgan fingerprint density at radius 2 is 1.85 bits per heavy atom. The number of benzene rings is 1. The molecule has 0 amide bonds. The molecule has 0 spiro atoms. The monoisotopic (exact) mass is 271 g/mol. The van der Waals surface area contributed by atoms with Gasteiger partial charge in [0.2, 0.25) is 0 Å². The first-order chi connectivity index (χ1) is 9.84. The van der Waals surface area contributed by atoms with Crippen molar-refractivity contribution in [3.63, 3.8) is 0 Å². The standard InChI is InChI=1S/C18H22FN/c19-11-7-8-14-15(10-11)17-12-4-3-5-13(12)18(14)20-9-2-1-6-16(17)20/h7-8,10,12-13,16-18H,1-6,9H2. The molecule has 3 heterocycles. The van der Waals surface area contributed by atoms with E-state index in [-0.39, 0.29) is 5.82 Å². The van der Waals surface area contributed by atoms with Crippen LogP contribution < -0.4 is 0 Å². The van der Waals surface area contributed by atoms with Crippen molar-refractivity contribution in [2.24, 2.45) is 11.8 Å². The van der Waals surface area contributed by atoms with Gasteiger partial charge in [-0.15, -0.1) is 0 Å². The zero-order valence-electron chi connectivity index (χ0n) is 11.9. The Morgan fingerprint density at radius 1 is 0.950 bits per heavy atom. The van der Waals surface area contributed by atoms with E-state index in [1.807, 2.05) is 6.07 Å². The molecule has 2 saturated heterocycles. The van der Waals surface area contributed by atoms with Crippen LogP contribution >= 0.6 is 0 Å². The predicted molar refractivity (Wildman–Crippen MR) is 77.1 cm³/mol. The van der Waals surface area contributed by atoms with E-state index in [1.165, 1.54) is 56.2 Å². The second-order valence-electron chi connectivity index (χ2n) is 7.30. The third kappa shape index (κ3) is 1.36. The molecule has 1 aromatic rings. The highest BCUT2D eigenvalue weighted by Gasteiger charge is 2.56. The lowest BCUT2D eigenvalue weighted by atomic mass is 9.59. The Bertz CT molecular complexity index is 554. The Balaban J connectivity index is 1.71. The lowest BCUT2D eigenvalue weighted by molar-refractivity contribution is -0.0442. The van der Waals surface area contributed by atoms with E-state index in [0.717, 1.165) is 11.8 Å². The van der Waals surface area contributed by atoms with E-state index in [9.17, 15) is 4.39 Å². The molecule has 1 aromatic carbocycles. The zero-order chi connectivity index (χ0) is 13.3. The van der Waals surface area contributed by atoms with Gasteiger partial charge in [-0.3, -0.25) is 4.90 Å². The molecule has 5 aliphatic rings. The third-order valence-electron chi connectivity index (χ3n) is 6.58. The number of piperidine rings is 2. The molecule has 5 unspecified atom stereocenters. The average molecular weight is 271 g/mol. The molecule has 1 nitrogen and oxygen atoms in total. The summed E-state index contributed by atoms with van der Waals surface area (Å²) in [6, 6.07) is 6.97. The van der Waals surface area contributed by atoms with Crippen molar-refractivity contribution >= 4 is 0 Å². The molecule has 3 aliphatic heterocycles. The minimum atomic E-state index is -0.0341. The summed E-state index contributed by atoms with van der Waals surface area (Å²) in [7, 11) is 0. The molecule has 106 valence electrons. The van der Waals surface area contributed by atoms with E-state index in [1.54, 1.807) is 6.07 Å². The minimum absolute atomic E-state index is 0.0341. The first kappa shape index (κ1) is 11.7. The maximum Gasteiger partial charge on any atom is 0.123 e. The number of rotatable bonds is 0. The van der Waals surface area contributed by atoms with Crippen molar-refractivity contribution in [1.29, 1.82) is 0 Å². The zero-order valence-corrected chi connectivity index (χ0v) is 11.9. The molecule has 20 heavy (non-hydrogen) atoms. The Hall–Kier alpha value is -0.890. The Kier molecular flexibility index (Phi) is 2.39. The van der Waals surface area contributed by atoms with E-state index in [2.05, 4.69) is 11.0 Å². The summed E-state index contributed by atoms with van der Waals surface area (Å²) in [5.74, 6) is 2.28. The summed E-state index contributed by atoms with van der Waals surface area (Å²) in [4.78, 5) is 2.81. The van der Waals surface area contributed by atoms with Gasteiger partial charge in [-0.25, -0.2) is 4.39 Å². The van der Waals surface area contributed by atoms with Crippen LogP contribution in [0.15, 0.2) is 18.2 Å². The molecule has 1 saturated carbocycles. The van der Waals surface area contributed by atoms with E-state index in [4.69, 9.17) is 0 Å². The average Bonchev–Trinajstić information content (AvgIpc) is 2.96. The summed E-state index contributed by atoms with van der Waals surface area (Å²) in [5.41, 5.74) is 2.85. The van der Waals surface area contributed by atoms with Crippen molar-refractivity contribution < 1.29 is 4.39 Å². The van der Waals surface area contributed by atoms with E-state index in [0.29, 0.717) is 18.0 Å². The SMILES string of the molecule is Fc1ccc2c(c1)C1C3CCCC3C2N2CCCCC12. The molecular formula is C18H22FN. The van der Waals surface area contributed by atoms with Crippen LogP contribution in [-0.4, -0.2) is 17.5 Å². The second kappa shape index (κ2) is 4.07. The van der Waals surface area contributed by atoms with Gasteiger partial charge >= 0.3 is 0 Å². The van der Waals surface area contributed by atoms with Gasteiger partial charge in [0.25, 0.3) is 0 Å². The number of hydrogen-bond donors (Lipinski definition) is 0. The highest BCUT2D eigenvalue weighted by molar-refractivity contribution is 5.42. The molecule has 5 atom stereocenters. The Labute approximate surface area is 120 Å². The predicted octanol–water partition coefficient (Wildman–Crippen LogP) is 4.25. The van der Waals surface area contributed by atoms with Crippen LogP contribution in [0.4, 0.5) is 4.39 Å². The topological polar surface area (TPSA) is 3.24 Å². The van der Waals surface area contributed by atoms with E-state index < -0.39 is 0 Å². The van der Waals surface area contributed by atoms with Crippen molar-refractivity contribution in [2.45, 2.75) is 56.5 Å². The summed E-state index contributed by atoms with van der Waals surface area (Å²) in [6.07, 6.45) is 8.22. The summed E-state index contributed by atoms with van der Waals surface area (Å²) >= 11 is 0. The van der Waals surface area contributed by atoms with Crippen molar-refractivity contribution in [3.8, 4) is 0 Å². The lowest BCUT2D eigenvalue weighted by Crippen LogP contribution is -2.58. The summed E-state index contributed by atoms with van der Waals surface area (Å²) < 4.78 is 13.8. The fraction of sp³-hybridized carbons (Fsp3) is 0.667. The molecule has 0 radical (unpaired) electrons. The molecule has 3 fully saturated rings. The largest absolute Gasteiger partial charge is 0.292 e. The molecular weight excluding hydrogens is 249 g/mol. The highest BCUT2D eigenvalue weighted by atomic mass is 19.1. The van der Waals surface area contributed by atoms with E-state index >= 15 is 0 Å². The molecule has 2 heteroatoms. The van der Waals surface area contributed by atoms with Gasteiger partial charge in [-0.05, 0) is 67.3 Å². The Morgan fingerprint density at radius 3 is 2.80 bits per heavy atom.